The summed E-state index contributed by atoms with van der Waals surface area (Å²) >= 11 is 0. The van der Waals surface area contributed by atoms with Crippen molar-refractivity contribution in [2.24, 2.45) is 0 Å². The fourth-order valence-corrected chi connectivity index (χ4v) is 2.00. The second kappa shape index (κ2) is 5.62. The van der Waals surface area contributed by atoms with Crippen molar-refractivity contribution >= 4 is 5.69 Å². The zero-order valence-corrected chi connectivity index (χ0v) is 11.1. The van der Waals surface area contributed by atoms with Gasteiger partial charge in [0.25, 0.3) is 0 Å². The lowest BCUT2D eigenvalue weighted by Crippen LogP contribution is -2.07. The van der Waals surface area contributed by atoms with Gasteiger partial charge in [0.05, 0.1) is 5.69 Å². The van der Waals surface area contributed by atoms with E-state index in [9.17, 15) is 9.50 Å². The molecule has 0 aliphatic rings. The molecule has 0 radical (unpaired) electrons. The van der Waals surface area contributed by atoms with Crippen LogP contribution in [0.4, 0.5) is 10.1 Å². The Morgan fingerprint density at radius 1 is 1.14 bits per heavy atom. The van der Waals surface area contributed by atoms with Gasteiger partial charge in [0, 0.05) is 30.7 Å². The molecule has 0 amide bonds. The number of halogens is 1. The lowest BCUT2D eigenvalue weighted by atomic mass is 10.2. The molecule has 6 heteroatoms. The average Bonchev–Trinajstić information content (AvgIpc) is 3.03. The van der Waals surface area contributed by atoms with E-state index in [1.807, 2.05) is 6.07 Å². The minimum absolute atomic E-state index is 0.281. The van der Waals surface area contributed by atoms with Crippen molar-refractivity contribution in [2.75, 3.05) is 5.32 Å². The first-order valence-corrected chi connectivity index (χ1v) is 6.41. The molecule has 2 N–H and O–H groups in total. The fraction of sp³-hybridized carbons (Fsp3) is 0.0667. The molecule has 3 aromatic rings. The maximum atomic E-state index is 13.3. The van der Waals surface area contributed by atoms with Crippen LogP contribution in [-0.4, -0.2) is 19.9 Å². The van der Waals surface area contributed by atoms with E-state index in [1.54, 1.807) is 47.5 Å². The molecule has 0 spiro atoms. The number of aromatic hydroxyl groups is 1. The van der Waals surface area contributed by atoms with Crippen molar-refractivity contribution in [3.63, 3.8) is 0 Å². The molecule has 0 unspecified atom stereocenters. The molecule has 0 aliphatic heterocycles. The first-order valence-electron chi connectivity index (χ1n) is 6.41. The van der Waals surface area contributed by atoms with Crippen molar-refractivity contribution in [1.82, 2.24) is 14.8 Å². The van der Waals surface area contributed by atoms with Gasteiger partial charge in [0.15, 0.2) is 17.4 Å². The first-order chi connectivity index (χ1) is 10.3. The molecule has 0 aliphatic carbocycles. The van der Waals surface area contributed by atoms with Gasteiger partial charge in [-0.3, -0.25) is 0 Å². The van der Waals surface area contributed by atoms with Gasteiger partial charge < -0.3 is 10.4 Å². The predicted molar refractivity (Wildman–Crippen MR) is 76.8 cm³/mol. The lowest BCUT2D eigenvalue weighted by Gasteiger charge is -2.12. The van der Waals surface area contributed by atoms with E-state index in [1.165, 1.54) is 6.07 Å². The van der Waals surface area contributed by atoms with Gasteiger partial charge in [-0.2, -0.15) is 5.10 Å². The number of nitrogens with one attached hydrogen (secondary N) is 1. The third-order valence-corrected chi connectivity index (χ3v) is 3.05. The Balaban J connectivity index is 1.85. The molecule has 1 aromatic carbocycles. The zero-order valence-electron chi connectivity index (χ0n) is 11.1. The molecule has 0 bridgehead atoms. The monoisotopic (exact) mass is 284 g/mol. The fourth-order valence-electron chi connectivity index (χ4n) is 2.00. The van der Waals surface area contributed by atoms with Crippen LogP contribution in [0.15, 0.2) is 55.0 Å². The number of anilines is 1. The van der Waals surface area contributed by atoms with Crippen LogP contribution in [0.3, 0.4) is 0 Å². The van der Waals surface area contributed by atoms with Gasteiger partial charge in [0.1, 0.15) is 0 Å². The van der Waals surface area contributed by atoms with Gasteiger partial charge in [-0.25, -0.2) is 14.1 Å². The second-order valence-corrected chi connectivity index (χ2v) is 4.43. The standard InChI is InChI=1S/C15H13FN4O/c16-12-5-1-4-11(14(12)21)10-18-13-6-2-7-17-15(13)20-9-3-8-19-20/h1-9,18,21H,10H2. The summed E-state index contributed by atoms with van der Waals surface area (Å²) in [6.07, 6.45) is 5.12. The number of para-hydroxylation sites is 1. The Bertz CT molecular complexity index is 743. The van der Waals surface area contributed by atoms with Crippen LogP contribution in [0.2, 0.25) is 0 Å². The highest BCUT2D eigenvalue weighted by molar-refractivity contribution is 5.56. The number of phenols is 1. The van der Waals surface area contributed by atoms with Crippen molar-refractivity contribution < 1.29 is 9.50 Å². The third kappa shape index (κ3) is 2.69. The number of rotatable bonds is 4. The number of hydrogen-bond donors (Lipinski definition) is 2. The normalized spacial score (nSPS) is 10.5. The largest absolute Gasteiger partial charge is 0.505 e. The third-order valence-electron chi connectivity index (χ3n) is 3.05. The molecule has 106 valence electrons. The van der Waals surface area contributed by atoms with Crippen molar-refractivity contribution in [3.05, 3.63) is 66.4 Å². The molecule has 2 aromatic heterocycles. The molecule has 0 atom stereocenters. The topological polar surface area (TPSA) is 63.0 Å². The second-order valence-electron chi connectivity index (χ2n) is 4.43. The van der Waals surface area contributed by atoms with Crippen molar-refractivity contribution in [3.8, 4) is 11.6 Å². The first kappa shape index (κ1) is 13.1. The van der Waals surface area contributed by atoms with Gasteiger partial charge in [0.2, 0.25) is 0 Å². The maximum absolute atomic E-state index is 13.3. The summed E-state index contributed by atoms with van der Waals surface area (Å²) < 4.78 is 14.9. The van der Waals surface area contributed by atoms with Gasteiger partial charge in [-0.05, 0) is 24.3 Å². The quantitative estimate of drug-likeness (QED) is 0.773. The number of aromatic nitrogens is 3. The van der Waals surface area contributed by atoms with Gasteiger partial charge >= 0.3 is 0 Å². The van der Waals surface area contributed by atoms with E-state index in [2.05, 4.69) is 15.4 Å². The van der Waals surface area contributed by atoms with Crippen LogP contribution < -0.4 is 5.32 Å². The molecule has 0 saturated carbocycles. The van der Waals surface area contributed by atoms with Crippen LogP contribution in [0.1, 0.15) is 5.56 Å². The maximum Gasteiger partial charge on any atom is 0.176 e. The van der Waals surface area contributed by atoms with E-state index >= 15 is 0 Å². The number of benzene rings is 1. The van der Waals surface area contributed by atoms with Crippen molar-refractivity contribution in [1.29, 1.82) is 0 Å². The summed E-state index contributed by atoms with van der Waals surface area (Å²) in [5.41, 5.74) is 1.22. The van der Waals surface area contributed by atoms with E-state index < -0.39 is 5.82 Å². The molecule has 21 heavy (non-hydrogen) atoms. The van der Waals surface area contributed by atoms with Crippen LogP contribution >= 0.6 is 0 Å². The number of phenolic OH excluding ortho intramolecular Hbond substituents is 1. The summed E-state index contributed by atoms with van der Waals surface area (Å²) in [7, 11) is 0. The summed E-state index contributed by atoms with van der Waals surface area (Å²) in [6, 6.07) is 9.88. The predicted octanol–water partition coefficient (Wildman–Crippen LogP) is 2.72. The Labute approximate surface area is 120 Å². The van der Waals surface area contributed by atoms with E-state index in [4.69, 9.17) is 0 Å². The Hall–Kier alpha value is -2.89. The summed E-state index contributed by atoms with van der Waals surface area (Å²) in [5.74, 6) is -0.333. The molecular formula is C15H13FN4O. The molecular weight excluding hydrogens is 271 g/mol. The summed E-state index contributed by atoms with van der Waals surface area (Å²) in [5, 5.41) is 17.0. The molecule has 3 rings (SSSR count). The van der Waals surface area contributed by atoms with Crippen molar-refractivity contribution in [2.45, 2.75) is 6.54 Å². The number of nitrogens with zero attached hydrogens (tertiary/aromatic N) is 3. The highest BCUT2D eigenvalue weighted by Gasteiger charge is 2.09. The Morgan fingerprint density at radius 2 is 2.05 bits per heavy atom. The number of hydrogen-bond acceptors (Lipinski definition) is 4. The highest BCUT2D eigenvalue weighted by atomic mass is 19.1. The van der Waals surface area contributed by atoms with E-state index in [0.29, 0.717) is 11.4 Å². The van der Waals surface area contributed by atoms with Crippen LogP contribution in [0.25, 0.3) is 5.82 Å². The highest BCUT2D eigenvalue weighted by Crippen LogP contribution is 2.23. The molecule has 2 heterocycles. The lowest BCUT2D eigenvalue weighted by molar-refractivity contribution is 0.427. The Morgan fingerprint density at radius 3 is 2.86 bits per heavy atom. The van der Waals surface area contributed by atoms with Gasteiger partial charge in [-0.1, -0.05) is 12.1 Å². The molecule has 5 nitrogen and oxygen atoms in total. The van der Waals surface area contributed by atoms with Crippen LogP contribution in [0, 0.1) is 5.82 Å². The molecule has 0 saturated heterocycles. The van der Waals surface area contributed by atoms with E-state index in [-0.39, 0.29) is 12.3 Å². The summed E-state index contributed by atoms with van der Waals surface area (Å²) in [6.45, 7) is 0.281. The smallest absolute Gasteiger partial charge is 0.176 e. The van der Waals surface area contributed by atoms with Crippen LogP contribution in [0.5, 0.6) is 5.75 Å². The van der Waals surface area contributed by atoms with E-state index in [0.717, 1.165) is 5.69 Å². The minimum atomic E-state index is -0.632. The number of pyridine rings is 1. The summed E-state index contributed by atoms with van der Waals surface area (Å²) in [4.78, 5) is 4.27. The molecule has 0 fully saturated rings. The van der Waals surface area contributed by atoms with Gasteiger partial charge in [-0.15, -0.1) is 0 Å². The average molecular weight is 284 g/mol. The van der Waals surface area contributed by atoms with Crippen LogP contribution in [-0.2, 0) is 6.54 Å². The Kier molecular flexibility index (Phi) is 3.51. The SMILES string of the molecule is Oc1c(F)cccc1CNc1cccnc1-n1cccn1. The minimum Gasteiger partial charge on any atom is -0.505 e. The zero-order chi connectivity index (χ0) is 14.7.